The Morgan fingerprint density at radius 3 is 2.67 bits per heavy atom. The SMILES string of the molecule is CCCOc1ccc(N2CCCN3CCCCC3C2)cc1. The van der Waals surface area contributed by atoms with Gasteiger partial charge in [-0.15, -0.1) is 0 Å². The van der Waals surface area contributed by atoms with E-state index >= 15 is 0 Å². The molecule has 1 atom stereocenters. The quantitative estimate of drug-likeness (QED) is 0.843. The fraction of sp³-hybridized carbons (Fsp3) is 0.667. The minimum absolute atomic E-state index is 0.761. The lowest BCUT2D eigenvalue weighted by atomic mass is 10.0. The van der Waals surface area contributed by atoms with Crippen LogP contribution in [0.15, 0.2) is 24.3 Å². The summed E-state index contributed by atoms with van der Waals surface area (Å²) in [5.41, 5.74) is 1.35. The molecule has 2 fully saturated rings. The number of fused-ring (bicyclic) bond motifs is 1. The van der Waals surface area contributed by atoms with Crippen LogP contribution in [0.1, 0.15) is 39.0 Å². The number of rotatable bonds is 4. The maximum absolute atomic E-state index is 5.68. The fourth-order valence-electron chi connectivity index (χ4n) is 3.58. The Balaban J connectivity index is 1.65. The van der Waals surface area contributed by atoms with E-state index in [4.69, 9.17) is 4.74 Å². The largest absolute Gasteiger partial charge is 0.494 e. The first-order chi connectivity index (χ1) is 10.4. The number of ether oxygens (including phenoxy) is 1. The molecule has 116 valence electrons. The Labute approximate surface area is 128 Å². The lowest BCUT2D eigenvalue weighted by Gasteiger charge is -2.35. The van der Waals surface area contributed by atoms with E-state index in [0.717, 1.165) is 24.8 Å². The highest BCUT2D eigenvalue weighted by molar-refractivity contribution is 5.49. The highest BCUT2D eigenvalue weighted by Gasteiger charge is 2.27. The molecule has 0 aromatic heterocycles. The smallest absolute Gasteiger partial charge is 0.119 e. The van der Waals surface area contributed by atoms with E-state index in [-0.39, 0.29) is 0 Å². The number of hydrogen-bond donors (Lipinski definition) is 0. The van der Waals surface area contributed by atoms with E-state index in [2.05, 4.69) is 41.0 Å². The predicted octanol–water partition coefficient (Wildman–Crippen LogP) is 3.54. The molecule has 2 heterocycles. The lowest BCUT2D eigenvalue weighted by molar-refractivity contribution is 0.162. The predicted molar refractivity (Wildman–Crippen MR) is 88.3 cm³/mol. The molecule has 3 heteroatoms. The Bertz CT molecular complexity index is 431. The number of nitrogens with zero attached hydrogens (tertiary/aromatic N) is 2. The van der Waals surface area contributed by atoms with Crippen LogP contribution in [0.2, 0.25) is 0 Å². The summed E-state index contributed by atoms with van der Waals surface area (Å²) in [6.07, 6.45) is 6.50. The van der Waals surface area contributed by atoms with Gasteiger partial charge in [-0.05, 0) is 56.5 Å². The van der Waals surface area contributed by atoms with Gasteiger partial charge in [0.2, 0.25) is 0 Å². The van der Waals surface area contributed by atoms with E-state index in [0.29, 0.717) is 0 Å². The first kappa shape index (κ1) is 14.7. The first-order valence-corrected chi connectivity index (χ1v) is 8.58. The molecule has 0 saturated carbocycles. The zero-order valence-corrected chi connectivity index (χ0v) is 13.3. The first-order valence-electron chi connectivity index (χ1n) is 8.58. The van der Waals surface area contributed by atoms with Gasteiger partial charge >= 0.3 is 0 Å². The van der Waals surface area contributed by atoms with Crippen LogP contribution >= 0.6 is 0 Å². The minimum atomic E-state index is 0.761. The number of piperidine rings is 1. The Morgan fingerprint density at radius 1 is 1.05 bits per heavy atom. The van der Waals surface area contributed by atoms with E-state index < -0.39 is 0 Å². The van der Waals surface area contributed by atoms with Crippen molar-refractivity contribution in [1.29, 1.82) is 0 Å². The number of benzene rings is 1. The molecule has 1 unspecified atom stereocenters. The topological polar surface area (TPSA) is 15.7 Å². The maximum atomic E-state index is 5.68. The van der Waals surface area contributed by atoms with Crippen LogP contribution in [0.3, 0.4) is 0 Å². The summed E-state index contributed by atoms with van der Waals surface area (Å²) < 4.78 is 5.68. The van der Waals surface area contributed by atoms with Gasteiger partial charge < -0.3 is 9.64 Å². The molecular formula is C18H28N2O. The summed E-state index contributed by atoms with van der Waals surface area (Å²) in [6, 6.07) is 9.45. The second-order valence-corrected chi connectivity index (χ2v) is 6.33. The summed E-state index contributed by atoms with van der Waals surface area (Å²) in [5, 5.41) is 0. The van der Waals surface area contributed by atoms with Gasteiger partial charge in [0.15, 0.2) is 0 Å². The van der Waals surface area contributed by atoms with Gasteiger partial charge in [-0.3, -0.25) is 4.90 Å². The summed E-state index contributed by atoms with van der Waals surface area (Å²) in [5.74, 6) is 0.995. The normalized spacial score (nSPS) is 23.5. The van der Waals surface area contributed by atoms with Crippen LogP contribution in [-0.2, 0) is 0 Å². The highest BCUT2D eigenvalue weighted by atomic mass is 16.5. The van der Waals surface area contributed by atoms with Crippen molar-refractivity contribution in [3.05, 3.63) is 24.3 Å². The van der Waals surface area contributed by atoms with Gasteiger partial charge in [0.25, 0.3) is 0 Å². The summed E-state index contributed by atoms with van der Waals surface area (Å²) in [4.78, 5) is 5.28. The van der Waals surface area contributed by atoms with Gasteiger partial charge in [0.05, 0.1) is 6.61 Å². The molecule has 1 aromatic rings. The molecule has 0 spiro atoms. The van der Waals surface area contributed by atoms with Crippen molar-refractivity contribution in [3.63, 3.8) is 0 Å². The van der Waals surface area contributed by atoms with Crippen LogP contribution < -0.4 is 9.64 Å². The minimum Gasteiger partial charge on any atom is -0.494 e. The second-order valence-electron chi connectivity index (χ2n) is 6.33. The molecule has 0 N–H and O–H groups in total. The molecule has 3 nitrogen and oxygen atoms in total. The lowest BCUT2D eigenvalue weighted by Crippen LogP contribution is -2.44. The average molecular weight is 288 g/mol. The molecule has 1 aromatic carbocycles. The molecule has 2 aliphatic rings. The van der Waals surface area contributed by atoms with Crippen LogP contribution in [0.4, 0.5) is 5.69 Å². The monoisotopic (exact) mass is 288 g/mol. The number of hydrogen-bond acceptors (Lipinski definition) is 3. The number of anilines is 1. The zero-order valence-electron chi connectivity index (χ0n) is 13.3. The molecule has 0 amide bonds. The van der Waals surface area contributed by atoms with Crippen molar-refractivity contribution in [2.24, 2.45) is 0 Å². The van der Waals surface area contributed by atoms with Crippen LogP contribution in [0.25, 0.3) is 0 Å². The molecule has 2 saturated heterocycles. The van der Waals surface area contributed by atoms with Gasteiger partial charge in [-0.1, -0.05) is 13.3 Å². The van der Waals surface area contributed by atoms with E-state index in [1.807, 2.05) is 0 Å². The van der Waals surface area contributed by atoms with Crippen molar-refractivity contribution in [1.82, 2.24) is 4.90 Å². The van der Waals surface area contributed by atoms with Crippen molar-refractivity contribution >= 4 is 5.69 Å². The average Bonchev–Trinajstić information content (AvgIpc) is 2.75. The van der Waals surface area contributed by atoms with Gasteiger partial charge in [-0.25, -0.2) is 0 Å². The molecule has 21 heavy (non-hydrogen) atoms. The Kier molecular flexibility index (Phi) is 5.02. The molecule has 0 bridgehead atoms. The van der Waals surface area contributed by atoms with Crippen LogP contribution in [0.5, 0.6) is 5.75 Å². The van der Waals surface area contributed by atoms with Gasteiger partial charge in [0, 0.05) is 31.4 Å². The third-order valence-electron chi connectivity index (χ3n) is 4.73. The maximum Gasteiger partial charge on any atom is 0.119 e. The fourth-order valence-corrected chi connectivity index (χ4v) is 3.58. The molecule has 2 aliphatic heterocycles. The van der Waals surface area contributed by atoms with Crippen molar-refractivity contribution in [2.45, 2.75) is 45.1 Å². The van der Waals surface area contributed by atoms with Crippen molar-refractivity contribution in [2.75, 3.05) is 37.7 Å². The Morgan fingerprint density at radius 2 is 1.86 bits per heavy atom. The third kappa shape index (κ3) is 3.70. The van der Waals surface area contributed by atoms with E-state index in [1.54, 1.807) is 0 Å². The summed E-state index contributed by atoms with van der Waals surface area (Å²) in [7, 11) is 0. The van der Waals surface area contributed by atoms with Crippen LogP contribution in [0, 0.1) is 0 Å². The molecule has 0 radical (unpaired) electrons. The van der Waals surface area contributed by atoms with Gasteiger partial charge in [-0.2, -0.15) is 0 Å². The van der Waals surface area contributed by atoms with Crippen molar-refractivity contribution in [3.8, 4) is 5.75 Å². The summed E-state index contributed by atoms with van der Waals surface area (Å²) >= 11 is 0. The van der Waals surface area contributed by atoms with E-state index in [9.17, 15) is 0 Å². The zero-order chi connectivity index (χ0) is 14.5. The van der Waals surface area contributed by atoms with Crippen LogP contribution in [-0.4, -0.2) is 43.7 Å². The van der Waals surface area contributed by atoms with Crippen molar-refractivity contribution < 1.29 is 4.74 Å². The second kappa shape index (κ2) is 7.17. The highest BCUT2D eigenvalue weighted by Crippen LogP contribution is 2.26. The molecule has 3 rings (SSSR count). The summed E-state index contributed by atoms with van der Waals surface area (Å²) in [6.45, 7) is 7.90. The van der Waals surface area contributed by atoms with Gasteiger partial charge in [0.1, 0.15) is 5.75 Å². The van der Waals surface area contributed by atoms with E-state index in [1.165, 1.54) is 57.5 Å². The molecular weight excluding hydrogens is 260 g/mol. The third-order valence-corrected chi connectivity index (χ3v) is 4.73. The Hall–Kier alpha value is -1.22. The molecule has 0 aliphatic carbocycles. The standard InChI is InChI=1S/C18H28N2O/c1-2-14-21-18-9-7-16(8-10-18)20-13-5-12-19-11-4-3-6-17(19)15-20/h7-10,17H,2-6,11-15H2,1H3.